The summed E-state index contributed by atoms with van der Waals surface area (Å²) in [5.74, 6) is 0.480. The third-order valence-electron chi connectivity index (χ3n) is 4.26. The van der Waals surface area contributed by atoms with Crippen molar-refractivity contribution < 1.29 is 17.7 Å². The first-order valence-corrected chi connectivity index (χ1v) is 10.0. The van der Waals surface area contributed by atoms with Gasteiger partial charge in [0.2, 0.25) is 21.8 Å². The lowest BCUT2D eigenvalue weighted by Crippen LogP contribution is -2.42. The quantitative estimate of drug-likeness (QED) is 0.822. The number of sulfonamides is 1. The van der Waals surface area contributed by atoms with Gasteiger partial charge >= 0.3 is 0 Å². The van der Waals surface area contributed by atoms with Crippen molar-refractivity contribution in [1.82, 2.24) is 19.8 Å². The van der Waals surface area contributed by atoms with E-state index in [2.05, 4.69) is 15.5 Å². The van der Waals surface area contributed by atoms with Crippen molar-refractivity contribution in [2.45, 2.75) is 31.2 Å². The molecule has 0 bridgehead atoms. The molecule has 10 heteroatoms. The molecule has 26 heavy (non-hydrogen) atoms. The molecule has 1 aromatic heterocycles. The minimum Gasteiger partial charge on any atom is -0.347 e. The summed E-state index contributed by atoms with van der Waals surface area (Å²) >= 11 is 5.81. The Balaban J connectivity index is 1.54. The Kier molecular flexibility index (Phi) is 5.59. The Morgan fingerprint density at radius 3 is 2.54 bits per heavy atom. The van der Waals surface area contributed by atoms with E-state index >= 15 is 0 Å². The van der Waals surface area contributed by atoms with Crippen molar-refractivity contribution in [3.05, 3.63) is 41.0 Å². The second-order valence-corrected chi connectivity index (χ2v) is 8.46. The van der Waals surface area contributed by atoms with Crippen molar-refractivity contribution in [3.63, 3.8) is 0 Å². The fourth-order valence-electron chi connectivity index (χ4n) is 2.83. The summed E-state index contributed by atoms with van der Waals surface area (Å²) in [4.78, 5) is 16.5. The maximum atomic E-state index is 12.6. The molecule has 1 amide bonds. The van der Waals surface area contributed by atoms with Gasteiger partial charge in [-0.15, -0.1) is 0 Å². The summed E-state index contributed by atoms with van der Waals surface area (Å²) in [7, 11) is -3.57. The van der Waals surface area contributed by atoms with Crippen molar-refractivity contribution in [1.29, 1.82) is 0 Å². The molecule has 1 N–H and O–H groups in total. The van der Waals surface area contributed by atoms with Crippen LogP contribution in [0, 0.1) is 12.8 Å². The Morgan fingerprint density at radius 2 is 1.96 bits per heavy atom. The van der Waals surface area contributed by atoms with Crippen LogP contribution in [0.1, 0.15) is 24.6 Å². The molecule has 140 valence electrons. The number of nitrogens with one attached hydrogen (secondary N) is 1. The lowest BCUT2D eigenvalue weighted by Gasteiger charge is -2.30. The van der Waals surface area contributed by atoms with Crippen molar-refractivity contribution in [3.8, 4) is 0 Å². The summed E-state index contributed by atoms with van der Waals surface area (Å²) in [6.45, 7) is 2.46. The highest BCUT2D eigenvalue weighted by Gasteiger charge is 2.32. The van der Waals surface area contributed by atoms with Crippen LogP contribution in [0.4, 0.5) is 0 Å². The smallest absolute Gasteiger partial charge is 0.246 e. The molecule has 0 atom stereocenters. The number of piperidine rings is 1. The molecular weight excluding hydrogens is 380 g/mol. The van der Waals surface area contributed by atoms with Crippen LogP contribution in [0.25, 0.3) is 0 Å². The molecule has 3 rings (SSSR count). The summed E-state index contributed by atoms with van der Waals surface area (Å²) in [5.41, 5.74) is 0. The number of aryl methyl sites for hydroxylation is 1. The van der Waals surface area contributed by atoms with E-state index < -0.39 is 10.0 Å². The van der Waals surface area contributed by atoms with Crippen LogP contribution in [0.2, 0.25) is 5.02 Å². The van der Waals surface area contributed by atoms with Crippen molar-refractivity contribution in [2.75, 3.05) is 13.1 Å². The van der Waals surface area contributed by atoms with Gasteiger partial charge < -0.3 is 9.84 Å². The summed E-state index contributed by atoms with van der Waals surface area (Å²) in [5, 5.41) is 6.90. The van der Waals surface area contributed by atoms with Crippen LogP contribution in [0.3, 0.4) is 0 Å². The first-order chi connectivity index (χ1) is 12.4. The average Bonchev–Trinajstić information content (AvgIpc) is 3.05. The molecule has 0 spiro atoms. The zero-order valence-electron chi connectivity index (χ0n) is 14.2. The normalized spacial score (nSPS) is 16.5. The number of aromatic nitrogens is 2. The predicted octanol–water partition coefficient (Wildman–Crippen LogP) is 1.75. The number of hydrogen-bond acceptors (Lipinski definition) is 6. The van der Waals surface area contributed by atoms with Crippen LogP contribution in [0.15, 0.2) is 33.7 Å². The van der Waals surface area contributed by atoms with E-state index in [9.17, 15) is 13.2 Å². The summed E-state index contributed by atoms with van der Waals surface area (Å²) in [6, 6.07) is 6.08. The lowest BCUT2D eigenvalue weighted by molar-refractivity contribution is -0.126. The molecule has 1 saturated heterocycles. The van der Waals surface area contributed by atoms with Crippen LogP contribution in [0.5, 0.6) is 0 Å². The molecular formula is C16H19ClN4O4S. The second-order valence-electron chi connectivity index (χ2n) is 6.09. The van der Waals surface area contributed by atoms with E-state index in [-0.39, 0.29) is 23.3 Å². The predicted molar refractivity (Wildman–Crippen MR) is 93.8 cm³/mol. The largest absolute Gasteiger partial charge is 0.347 e. The SMILES string of the molecule is Cc1noc(CNC(=O)C2CCN(S(=O)(=O)c3ccc(Cl)cc3)CC2)n1. The first-order valence-electron chi connectivity index (χ1n) is 8.19. The van der Waals surface area contributed by atoms with Crippen LogP contribution in [-0.2, 0) is 21.4 Å². The molecule has 1 aromatic carbocycles. The molecule has 0 unspecified atom stereocenters. The van der Waals surface area contributed by atoms with Crippen LogP contribution >= 0.6 is 11.6 Å². The number of nitrogens with zero attached hydrogens (tertiary/aromatic N) is 3. The van der Waals surface area contributed by atoms with E-state index in [1.54, 1.807) is 19.1 Å². The maximum Gasteiger partial charge on any atom is 0.246 e. The highest BCUT2D eigenvalue weighted by atomic mass is 35.5. The van der Waals surface area contributed by atoms with Gasteiger partial charge in [-0.1, -0.05) is 16.8 Å². The number of halogens is 1. The fourth-order valence-corrected chi connectivity index (χ4v) is 4.43. The third-order valence-corrected chi connectivity index (χ3v) is 6.42. The molecule has 8 nitrogen and oxygen atoms in total. The molecule has 2 aromatic rings. The van der Waals surface area contributed by atoms with E-state index in [4.69, 9.17) is 16.1 Å². The average molecular weight is 399 g/mol. The minimum atomic E-state index is -3.57. The topological polar surface area (TPSA) is 105 Å². The number of carbonyl (C=O) groups excluding carboxylic acids is 1. The number of rotatable bonds is 5. The van der Waals surface area contributed by atoms with E-state index in [0.717, 1.165) is 0 Å². The molecule has 1 aliphatic rings. The van der Waals surface area contributed by atoms with Crippen LogP contribution < -0.4 is 5.32 Å². The zero-order valence-corrected chi connectivity index (χ0v) is 15.8. The Bertz CT molecular complexity index is 874. The highest BCUT2D eigenvalue weighted by molar-refractivity contribution is 7.89. The lowest BCUT2D eigenvalue weighted by atomic mass is 9.97. The number of hydrogen-bond donors (Lipinski definition) is 1. The number of amides is 1. The van der Waals surface area contributed by atoms with E-state index in [1.807, 2.05) is 0 Å². The second kappa shape index (κ2) is 7.73. The van der Waals surface area contributed by atoms with Gasteiger partial charge in [0.15, 0.2) is 5.82 Å². The summed E-state index contributed by atoms with van der Waals surface area (Å²) < 4.78 is 31.6. The highest BCUT2D eigenvalue weighted by Crippen LogP contribution is 2.24. The molecule has 0 saturated carbocycles. The molecule has 1 aliphatic heterocycles. The van der Waals surface area contributed by atoms with Gasteiger partial charge in [0.05, 0.1) is 11.4 Å². The number of benzene rings is 1. The minimum absolute atomic E-state index is 0.135. The molecule has 0 aliphatic carbocycles. The van der Waals surface area contributed by atoms with Crippen LogP contribution in [-0.4, -0.2) is 41.9 Å². The Hall–Kier alpha value is -1.97. The zero-order chi connectivity index (χ0) is 18.7. The van der Waals surface area contributed by atoms with Crippen molar-refractivity contribution in [2.24, 2.45) is 5.92 Å². The fraction of sp³-hybridized carbons (Fsp3) is 0.438. The van der Waals surface area contributed by atoms with Gasteiger partial charge in [0, 0.05) is 24.0 Å². The number of carbonyl (C=O) groups is 1. The standard InChI is InChI=1S/C16H19ClN4O4S/c1-11-19-15(25-20-11)10-18-16(22)12-6-8-21(9-7-12)26(23,24)14-4-2-13(17)3-5-14/h2-5,12H,6-10H2,1H3,(H,18,22). The summed E-state index contributed by atoms with van der Waals surface area (Å²) in [6.07, 6.45) is 0.920. The van der Waals surface area contributed by atoms with E-state index in [0.29, 0.717) is 42.7 Å². The van der Waals surface area contributed by atoms with Gasteiger partial charge in [-0.3, -0.25) is 4.79 Å². The Labute approximate surface area is 156 Å². The van der Waals surface area contributed by atoms with Crippen molar-refractivity contribution >= 4 is 27.5 Å². The molecule has 0 radical (unpaired) electrons. The van der Waals surface area contributed by atoms with Gasteiger partial charge in [0.25, 0.3) is 0 Å². The molecule has 1 fully saturated rings. The van der Waals surface area contributed by atoms with Gasteiger partial charge in [0.1, 0.15) is 0 Å². The molecule has 2 heterocycles. The van der Waals surface area contributed by atoms with Gasteiger partial charge in [-0.2, -0.15) is 9.29 Å². The van der Waals surface area contributed by atoms with Gasteiger partial charge in [-0.05, 0) is 44.0 Å². The third kappa shape index (κ3) is 4.22. The Morgan fingerprint density at radius 1 is 1.31 bits per heavy atom. The van der Waals surface area contributed by atoms with E-state index in [1.165, 1.54) is 16.4 Å². The first kappa shape index (κ1) is 18.8. The maximum absolute atomic E-state index is 12.6. The van der Waals surface area contributed by atoms with Gasteiger partial charge in [-0.25, -0.2) is 8.42 Å². The monoisotopic (exact) mass is 398 g/mol.